The fourth-order valence-electron chi connectivity index (χ4n) is 4.07. The van der Waals surface area contributed by atoms with Crippen LogP contribution < -0.4 is 9.96 Å². The topological polar surface area (TPSA) is 49.9 Å². The van der Waals surface area contributed by atoms with Gasteiger partial charge in [-0.3, -0.25) is 14.4 Å². The molecular weight excluding hydrogens is 432 g/mol. The smallest absolute Gasteiger partial charge is 0.266 e. The van der Waals surface area contributed by atoms with Crippen molar-refractivity contribution >= 4 is 39.1 Å². The van der Waals surface area contributed by atoms with Crippen LogP contribution in [0.4, 0.5) is 11.4 Å². The molecule has 5 nitrogen and oxygen atoms in total. The lowest BCUT2D eigenvalue weighted by molar-refractivity contribution is -0.126. The van der Waals surface area contributed by atoms with E-state index in [-0.39, 0.29) is 11.8 Å². The molecule has 144 valence electrons. The number of hydroxylamine groups is 1. The number of hydrogen-bond donors (Lipinski definition) is 0. The summed E-state index contributed by atoms with van der Waals surface area (Å²) in [5.41, 5.74) is 2.28. The Morgan fingerprint density at radius 1 is 0.759 bits per heavy atom. The first-order chi connectivity index (χ1) is 14.1. The number of carbonyl (C=O) groups excluding carboxylic acids is 2. The highest BCUT2D eigenvalue weighted by Crippen LogP contribution is 2.47. The molecule has 0 bridgehead atoms. The summed E-state index contributed by atoms with van der Waals surface area (Å²) in [6.45, 7) is 0. The third kappa shape index (κ3) is 2.96. The third-order valence-electron chi connectivity index (χ3n) is 5.33. The first kappa shape index (κ1) is 18.1. The summed E-state index contributed by atoms with van der Waals surface area (Å²) in [6.07, 6.45) is -0.855. The largest absolute Gasteiger partial charge is 0.273 e. The van der Waals surface area contributed by atoms with Crippen LogP contribution in [0.1, 0.15) is 11.6 Å². The molecule has 3 aromatic carbocycles. The molecule has 5 rings (SSSR count). The molecule has 3 aromatic rings. The Balaban J connectivity index is 1.60. The summed E-state index contributed by atoms with van der Waals surface area (Å²) in [6, 6.07) is 25.9. The number of hydrogen-bond acceptors (Lipinski definition) is 4. The number of fused-ring (bicyclic) bond motifs is 1. The SMILES string of the molecule is O=C1[C@H]2[C@@H](c3cccc(Br)c3)N(c3ccccc3)O[C@H]2C(=O)N1c1ccccc1. The van der Waals surface area contributed by atoms with Crippen molar-refractivity contribution in [2.24, 2.45) is 5.92 Å². The summed E-state index contributed by atoms with van der Waals surface area (Å²) in [5, 5.41) is 1.70. The lowest BCUT2D eigenvalue weighted by Crippen LogP contribution is -2.37. The number of para-hydroxylation sites is 2. The van der Waals surface area contributed by atoms with Crippen LogP contribution in [-0.4, -0.2) is 17.9 Å². The van der Waals surface area contributed by atoms with Crippen molar-refractivity contribution < 1.29 is 14.4 Å². The zero-order valence-electron chi connectivity index (χ0n) is 15.3. The van der Waals surface area contributed by atoms with Crippen molar-refractivity contribution in [3.8, 4) is 0 Å². The van der Waals surface area contributed by atoms with Gasteiger partial charge in [0.25, 0.3) is 5.91 Å². The minimum Gasteiger partial charge on any atom is -0.273 e. The zero-order chi connectivity index (χ0) is 20.0. The summed E-state index contributed by atoms with van der Waals surface area (Å²) < 4.78 is 0.906. The highest BCUT2D eigenvalue weighted by atomic mass is 79.9. The molecule has 0 radical (unpaired) electrons. The second kappa shape index (κ2) is 7.13. The second-order valence-corrected chi connectivity index (χ2v) is 7.98. The Labute approximate surface area is 176 Å². The predicted molar refractivity (Wildman–Crippen MR) is 113 cm³/mol. The van der Waals surface area contributed by atoms with E-state index in [1.807, 2.05) is 72.8 Å². The minimum absolute atomic E-state index is 0.241. The van der Waals surface area contributed by atoms with E-state index in [1.54, 1.807) is 17.2 Å². The van der Waals surface area contributed by atoms with Crippen molar-refractivity contribution in [1.29, 1.82) is 0 Å². The molecule has 6 heteroatoms. The first-order valence-electron chi connectivity index (χ1n) is 9.34. The molecule has 0 spiro atoms. The third-order valence-corrected chi connectivity index (χ3v) is 5.82. The van der Waals surface area contributed by atoms with Gasteiger partial charge in [0.15, 0.2) is 6.10 Å². The summed E-state index contributed by atoms with van der Waals surface area (Å²) >= 11 is 3.51. The maximum Gasteiger partial charge on any atom is 0.266 e. The van der Waals surface area contributed by atoms with Gasteiger partial charge in [0.05, 0.1) is 17.4 Å². The lowest BCUT2D eigenvalue weighted by Gasteiger charge is -2.28. The van der Waals surface area contributed by atoms with E-state index >= 15 is 0 Å². The minimum atomic E-state index is -0.855. The van der Waals surface area contributed by atoms with Crippen LogP contribution in [-0.2, 0) is 14.4 Å². The Kier molecular flexibility index (Phi) is 4.45. The number of amides is 2. The van der Waals surface area contributed by atoms with E-state index in [0.29, 0.717) is 5.69 Å². The van der Waals surface area contributed by atoms with Gasteiger partial charge in [0, 0.05) is 4.47 Å². The van der Waals surface area contributed by atoms with Crippen molar-refractivity contribution in [3.05, 3.63) is 95.0 Å². The maximum atomic E-state index is 13.4. The van der Waals surface area contributed by atoms with E-state index in [9.17, 15) is 9.59 Å². The second-order valence-electron chi connectivity index (χ2n) is 7.06. The molecule has 2 heterocycles. The van der Waals surface area contributed by atoms with Crippen molar-refractivity contribution in [2.45, 2.75) is 12.1 Å². The van der Waals surface area contributed by atoms with Crippen molar-refractivity contribution in [3.63, 3.8) is 0 Å². The molecule has 2 aliphatic rings. The van der Waals surface area contributed by atoms with E-state index in [2.05, 4.69) is 15.9 Å². The highest BCUT2D eigenvalue weighted by Gasteiger charge is 2.60. The van der Waals surface area contributed by atoms with Crippen LogP contribution >= 0.6 is 15.9 Å². The van der Waals surface area contributed by atoms with Gasteiger partial charge in [-0.15, -0.1) is 0 Å². The summed E-state index contributed by atoms with van der Waals surface area (Å²) in [5.74, 6) is -1.20. The Hall–Kier alpha value is -2.96. The summed E-state index contributed by atoms with van der Waals surface area (Å²) in [7, 11) is 0. The zero-order valence-corrected chi connectivity index (χ0v) is 16.9. The van der Waals surface area contributed by atoms with Crippen LogP contribution in [0.2, 0.25) is 0 Å². The molecule has 0 saturated carbocycles. The number of anilines is 2. The Morgan fingerprint density at radius 2 is 1.41 bits per heavy atom. The van der Waals surface area contributed by atoms with Crippen LogP contribution in [0.25, 0.3) is 0 Å². The van der Waals surface area contributed by atoms with Crippen LogP contribution in [0.5, 0.6) is 0 Å². The molecule has 0 aromatic heterocycles. The standard InChI is InChI=1S/C23H17BrN2O3/c24-16-9-7-8-15(14-16)20-19-21(29-26(20)18-12-5-2-6-13-18)23(28)25(22(19)27)17-10-3-1-4-11-17/h1-14,19-21H/t19-,20+,21+/m0/s1. The average Bonchev–Trinajstić information content (AvgIpc) is 3.26. The molecule has 0 unspecified atom stereocenters. The number of benzene rings is 3. The van der Waals surface area contributed by atoms with Crippen LogP contribution in [0, 0.1) is 5.92 Å². The van der Waals surface area contributed by atoms with Gasteiger partial charge in [-0.2, -0.15) is 0 Å². The quantitative estimate of drug-likeness (QED) is 0.553. The van der Waals surface area contributed by atoms with Gasteiger partial charge in [-0.1, -0.05) is 64.5 Å². The fraction of sp³-hybridized carbons (Fsp3) is 0.130. The predicted octanol–water partition coefficient (Wildman–Crippen LogP) is 4.50. The van der Waals surface area contributed by atoms with Crippen LogP contribution in [0.15, 0.2) is 89.4 Å². The molecule has 2 saturated heterocycles. The first-order valence-corrected chi connectivity index (χ1v) is 10.1. The monoisotopic (exact) mass is 448 g/mol. The number of imide groups is 1. The molecule has 2 amide bonds. The van der Waals surface area contributed by atoms with Crippen LogP contribution in [0.3, 0.4) is 0 Å². The molecule has 0 aliphatic carbocycles. The average molecular weight is 449 g/mol. The molecule has 2 fully saturated rings. The molecule has 29 heavy (non-hydrogen) atoms. The van der Waals surface area contributed by atoms with Gasteiger partial charge in [-0.05, 0) is 42.0 Å². The number of rotatable bonds is 3. The highest BCUT2D eigenvalue weighted by molar-refractivity contribution is 9.10. The number of nitrogens with zero attached hydrogens (tertiary/aromatic N) is 2. The molecule has 3 atom stereocenters. The van der Waals surface area contributed by atoms with Gasteiger partial charge < -0.3 is 0 Å². The number of halogens is 1. The Bertz CT molecular complexity index is 1070. The molecule has 2 aliphatic heterocycles. The molecular formula is C23H17BrN2O3. The van der Waals surface area contributed by atoms with Crippen molar-refractivity contribution in [2.75, 3.05) is 9.96 Å². The van der Waals surface area contributed by atoms with Gasteiger partial charge in [-0.25, -0.2) is 9.96 Å². The van der Waals surface area contributed by atoms with E-state index < -0.39 is 18.1 Å². The van der Waals surface area contributed by atoms with Gasteiger partial charge in [0.2, 0.25) is 5.91 Å². The Morgan fingerprint density at radius 3 is 2.07 bits per heavy atom. The van der Waals surface area contributed by atoms with E-state index in [1.165, 1.54) is 4.90 Å². The molecule has 0 N–H and O–H groups in total. The van der Waals surface area contributed by atoms with E-state index in [0.717, 1.165) is 15.7 Å². The van der Waals surface area contributed by atoms with Crippen molar-refractivity contribution in [1.82, 2.24) is 0 Å². The fourth-order valence-corrected chi connectivity index (χ4v) is 4.49. The van der Waals surface area contributed by atoms with Gasteiger partial charge in [0.1, 0.15) is 5.92 Å². The normalized spacial score (nSPS) is 23.6. The number of carbonyl (C=O) groups is 2. The van der Waals surface area contributed by atoms with Gasteiger partial charge >= 0.3 is 0 Å². The maximum absolute atomic E-state index is 13.4. The summed E-state index contributed by atoms with van der Waals surface area (Å²) in [4.78, 5) is 34.0. The lowest BCUT2D eigenvalue weighted by atomic mass is 9.90. The van der Waals surface area contributed by atoms with E-state index in [4.69, 9.17) is 4.84 Å².